The highest BCUT2D eigenvalue weighted by molar-refractivity contribution is 7.11. The van der Waals surface area contributed by atoms with Gasteiger partial charge < -0.3 is 4.74 Å². The Hall–Kier alpha value is -2.14. The average molecular weight is 316 g/mol. The van der Waals surface area contributed by atoms with Gasteiger partial charge in [-0.05, 0) is 28.5 Å². The fraction of sp³-hybridized carbons (Fsp3) is 0.294. The first-order valence-corrected chi connectivity index (χ1v) is 7.92. The number of thiophene rings is 1. The normalized spacial score (nSPS) is 11.6. The first-order chi connectivity index (χ1) is 10.5. The van der Waals surface area contributed by atoms with Gasteiger partial charge >= 0.3 is 0 Å². The number of benzene rings is 1. The third kappa shape index (κ3) is 4.70. The van der Waals surface area contributed by atoms with Crippen LogP contribution in [-0.2, 0) is 10.2 Å². The molecule has 1 heterocycles. The van der Waals surface area contributed by atoms with E-state index in [1.165, 1.54) is 0 Å². The van der Waals surface area contributed by atoms with E-state index in [0.717, 1.165) is 16.2 Å². The van der Waals surface area contributed by atoms with E-state index in [2.05, 4.69) is 31.3 Å². The van der Waals surface area contributed by atoms with Gasteiger partial charge in [-0.15, -0.1) is 11.3 Å². The Morgan fingerprint density at radius 2 is 2.05 bits per heavy atom. The van der Waals surface area contributed by atoms with Gasteiger partial charge in [0.15, 0.2) is 6.61 Å². The van der Waals surface area contributed by atoms with Crippen LogP contribution in [0.2, 0.25) is 0 Å². The molecule has 0 radical (unpaired) electrons. The molecule has 1 amide bonds. The van der Waals surface area contributed by atoms with Crippen molar-refractivity contribution in [1.29, 1.82) is 0 Å². The maximum atomic E-state index is 11.8. The molecule has 0 unspecified atom stereocenters. The van der Waals surface area contributed by atoms with Gasteiger partial charge in [-0.3, -0.25) is 4.79 Å². The highest BCUT2D eigenvalue weighted by Crippen LogP contribution is 2.30. The van der Waals surface area contributed by atoms with E-state index in [1.54, 1.807) is 17.6 Å². The monoisotopic (exact) mass is 316 g/mol. The molecular formula is C17H20N2O2S. The summed E-state index contributed by atoms with van der Waals surface area (Å²) in [6.07, 6.45) is 1.62. The molecule has 0 saturated heterocycles. The maximum absolute atomic E-state index is 11.8. The van der Waals surface area contributed by atoms with E-state index in [4.69, 9.17) is 4.74 Å². The van der Waals surface area contributed by atoms with Gasteiger partial charge in [0.25, 0.3) is 5.91 Å². The Labute approximate surface area is 134 Å². The molecule has 0 aliphatic carbocycles. The fourth-order valence-electron chi connectivity index (χ4n) is 1.92. The van der Waals surface area contributed by atoms with Crippen molar-refractivity contribution in [2.75, 3.05) is 6.61 Å². The number of hydrogen-bond acceptors (Lipinski definition) is 4. The van der Waals surface area contributed by atoms with Crippen LogP contribution >= 0.6 is 11.3 Å². The average Bonchev–Trinajstić information content (AvgIpc) is 2.98. The van der Waals surface area contributed by atoms with E-state index in [0.29, 0.717) is 0 Å². The molecule has 0 aliphatic heterocycles. The van der Waals surface area contributed by atoms with Crippen molar-refractivity contribution < 1.29 is 9.53 Å². The lowest BCUT2D eigenvalue weighted by atomic mass is 9.86. The van der Waals surface area contributed by atoms with Crippen LogP contribution in [0.4, 0.5) is 0 Å². The predicted molar refractivity (Wildman–Crippen MR) is 90.7 cm³/mol. The SMILES string of the molecule is CC(C)(C)c1ccccc1OCC(=O)N/N=C/c1cccs1. The van der Waals surface area contributed by atoms with Crippen molar-refractivity contribution in [2.45, 2.75) is 26.2 Å². The van der Waals surface area contributed by atoms with Crippen molar-refractivity contribution >= 4 is 23.5 Å². The summed E-state index contributed by atoms with van der Waals surface area (Å²) in [7, 11) is 0. The number of carbonyl (C=O) groups excluding carboxylic acids is 1. The summed E-state index contributed by atoms with van der Waals surface area (Å²) in [6, 6.07) is 11.6. The molecule has 5 heteroatoms. The van der Waals surface area contributed by atoms with Gasteiger partial charge in [-0.1, -0.05) is 45.0 Å². The molecular weight excluding hydrogens is 296 g/mol. The lowest BCUT2D eigenvalue weighted by molar-refractivity contribution is -0.123. The van der Waals surface area contributed by atoms with Crippen LogP contribution < -0.4 is 10.2 Å². The summed E-state index contributed by atoms with van der Waals surface area (Å²) >= 11 is 1.56. The van der Waals surface area contributed by atoms with Gasteiger partial charge in [0.05, 0.1) is 6.21 Å². The maximum Gasteiger partial charge on any atom is 0.277 e. The van der Waals surface area contributed by atoms with Crippen LogP contribution in [0.3, 0.4) is 0 Å². The minimum Gasteiger partial charge on any atom is -0.483 e. The van der Waals surface area contributed by atoms with E-state index >= 15 is 0 Å². The third-order valence-corrected chi connectivity index (χ3v) is 3.78. The van der Waals surface area contributed by atoms with E-state index in [-0.39, 0.29) is 17.9 Å². The van der Waals surface area contributed by atoms with Gasteiger partial charge in [0, 0.05) is 4.88 Å². The zero-order valence-corrected chi connectivity index (χ0v) is 13.8. The number of amides is 1. The molecule has 0 saturated carbocycles. The third-order valence-electron chi connectivity index (χ3n) is 2.98. The van der Waals surface area contributed by atoms with Crippen molar-refractivity contribution in [3.63, 3.8) is 0 Å². The van der Waals surface area contributed by atoms with Gasteiger partial charge in [0.1, 0.15) is 5.75 Å². The standard InChI is InChI=1S/C17H20N2O2S/c1-17(2,3)14-8-4-5-9-15(14)21-12-16(20)19-18-11-13-7-6-10-22-13/h4-11H,12H2,1-3H3,(H,19,20)/b18-11+. The zero-order chi connectivity index (χ0) is 16.0. The number of nitrogens with zero attached hydrogens (tertiary/aromatic N) is 1. The molecule has 1 N–H and O–H groups in total. The van der Waals surface area contributed by atoms with E-state index < -0.39 is 0 Å². The number of ether oxygens (including phenoxy) is 1. The van der Waals surface area contributed by atoms with Crippen molar-refractivity contribution in [3.05, 3.63) is 52.2 Å². The fourth-order valence-corrected chi connectivity index (χ4v) is 2.51. The number of para-hydroxylation sites is 1. The Bertz CT molecular complexity index is 643. The number of hydrazone groups is 1. The number of rotatable bonds is 5. The summed E-state index contributed by atoms with van der Waals surface area (Å²) in [5, 5.41) is 5.86. The number of hydrogen-bond donors (Lipinski definition) is 1. The molecule has 2 rings (SSSR count). The Kier molecular flexibility index (Phi) is 5.33. The summed E-state index contributed by atoms with van der Waals surface area (Å²) in [6.45, 7) is 6.27. The van der Waals surface area contributed by atoms with Gasteiger partial charge in [-0.25, -0.2) is 5.43 Å². The summed E-state index contributed by atoms with van der Waals surface area (Å²) in [5.41, 5.74) is 3.50. The van der Waals surface area contributed by atoms with Crippen LogP contribution in [-0.4, -0.2) is 18.7 Å². The van der Waals surface area contributed by atoms with Crippen LogP contribution in [0.5, 0.6) is 5.75 Å². The van der Waals surface area contributed by atoms with Crippen LogP contribution in [0, 0.1) is 0 Å². The number of carbonyl (C=O) groups is 1. The van der Waals surface area contributed by atoms with Gasteiger partial charge in [-0.2, -0.15) is 5.10 Å². The minimum atomic E-state index is -0.281. The molecule has 0 bridgehead atoms. The highest BCUT2D eigenvalue weighted by atomic mass is 32.1. The lowest BCUT2D eigenvalue weighted by Crippen LogP contribution is -2.25. The second kappa shape index (κ2) is 7.22. The summed E-state index contributed by atoms with van der Waals surface area (Å²) in [5.74, 6) is 0.448. The van der Waals surface area contributed by atoms with E-state index in [1.807, 2.05) is 41.8 Å². The number of nitrogens with one attached hydrogen (secondary N) is 1. The Balaban J connectivity index is 1.89. The molecule has 0 fully saturated rings. The highest BCUT2D eigenvalue weighted by Gasteiger charge is 2.18. The quantitative estimate of drug-likeness (QED) is 0.677. The molecule has 22 heavy (non-hydrogen) atoms. The second-order valence-electron chi connectivity index (χ2n) is 5.84. The topological polar surface area (TPSA) is 50.7 Å². The first-order valence-electron chi connectivity index (χ1n) is 7.04. The van der Waals surface area contributed by atoms with Crippen molar-refractivity contribution in [3.8, 4) is 5.75 Å². The largest absolute Gasteiger partial charge is 0.483 e. The second-order valence-corrected chi connectivity index (χ2v) is 6.82. The predicted octanol–water partition coefficient (Wildman–Crippen LogP) is 3.57. The van der Waals surface area contributed by atoms with Crippen LogP contribution in [0.25, 0.3) is 0 Å². The molecule has 0 aliphatic rings. The van der Waals surface area contributed by atoms with Crippen LogP contribution in [0.15, 0.2) is 46.9 Å². The summed E-state index contributed by atoms with van der Waals surface area (Å²) < 4.78 is 5.63. The van der Waals surface area contributed by atoms with E-state index in [9.17, 15) is 4.79 Å². The minimum absolute atomic E-state index is 0.0373. The Morgan fingerprint density at radius 3 is 2.73 bits per heavy atom. The molecule has 4 nitrogen and oxygen atoms in total. The van der Waals surface area contributed by atoms with Crippen molar-refractivity contribution in [1.82, 2.24) is 5.43 Å². The lowest BCUT2D eigenvalue weighted by Gasteiger charge is -2.22. The molecule has 2 aromatic rings. The molecule has 1 aromatic carbocycles. The molecule has 116 valence electrons. The van der Waals surface area contributed by atoms with Gasteiger partial charge in [0.2, 0.25) is 0 Å². The first kappa shape index (κ1) is 16.2. The molecule has 0 spiro atoms. The molecule has 0 atom stereocenters. The summed E-state index contributed by atoms with van der Waals surface area (Å²) in [4.78, 5) is 12.7. The smallest absolute Gasteiger partial charge is 0.277 e. The Morgan fingerprint density at radius 1 is 1.27 bits per heavy atom. The van der Waals surface area contributed by atoms with Crippen LogP contribution in [0.1, 0.15) is 31.2 Å². The van der Waals surface area contributed by atoms with Crippen molar-refractivity contribution in [2.24, 2.45) is 5.10 Å². The zero-order valence-electron chi connectivity index (χ0n) is 13.0. The molecule has 1 aromatic heterocycles.